The number of hydrogen-bond donors (Lipinski definition) is 0. The second-order valence-corrected chi connectivity index (χ2v) is 4.74. The number of pyridine rings is 1. The standard InChI is InChI=1S/C15H17ClN2/c1-12-8-13(9-16)5-6-15(12)18(2)11-14-4-3-7-17-10-14/h3-8,10H,9,11H2,1-2H3. The van der Waals surface area contributed by atoms with Crippen LogP contribution in [0.1, 0.15) is 16.7 Å². The molecule has 0 saturated carbocycles. The molecule has 1 aromatic carbocycles. The zero-order valence-electron chi connectivity index (χ0n) is 10.7. The Hall–Kier alpha value is -1.54. The maximum absolute atomic E-state index is 5.84. The Morgan fingerprint density at radius 2 is 2.06 bits per heavy atom. The lowest BCUT2D eigenvalue weighted by molar-refractivity contribution is 0.909. The molecule has 0 amide bonds. The van der Waals surface area contributed by atoms with Gasteiger partial charge in [0.25, 0.3) is 0 Å². The lowest BCUT2D eigenvalue weighted by Crippen LogP contribution is -2.17. The van der Waals surface area contributed by atoms with E-state index in [9.17, 15) is 0 Å². The molecule has 0 N–H and O–H groups in total. The Kier molecular flexibility index (Phi) is 4.21. The lowest BCUT2D eigenvalue weighted by Gasteiger charge is -2.21. The van der Waals surface area contributed by atoms with E-state index in [1.807, 2.05) is 12.3 Å². The minimum absolute atomic E-state index is 0.563. The number of halogens is 1. The van der Waals surface area contributed by atoms with Crippen molar-refractivity contribution in [2.75, 3.05) is 11.9 Å². The number of aryl methyl sites for hydroxylation is 1. The summed E-state index contributed by atoms with van der Waals surface area (Å²) in [4.78, 5) is 6.36. The first-order chi connectivity index (χ1) is 8.70. The van der Waals surface area contributed by atoms with Crippen molar-refractivity contribution in [3.05, 3.63) is 59.4 Å². The van der Waals surface area contributed by atoms with E-state index in [0.717, 1.165) is 12.1 Å². The Labute approximate surface area is 113 Å². The van der Waals surface area contributed by atoms with Crippen LogP contribution >= 0.6 is 11.6 Å². The molecule has 1 heterocycles. The first-order valence-electron chi connectivity index (χ1n) is 5.96. The summed E-state index contributed by atoms with van der Waals surface area (Å²) in [6.07, 6.45) is 3.70. The summed E-state index contributed by atoms with van der Waals surface area (Å²) in [5.74, 6) is 0.563. The van der Waals surface area contributed by atoms with E-state index in [0.29, 0.717) is 5.88 Å². The maximum atomic E-state index is 5.84. The van der Waals surface area contributed by atoms with Gasteiger partial charge in [0, 0.05) is 37.6 Å². The first kappa shape index (κ1) is 12.9. The van der Waals surface area contributed by atoms with E-state index >= 15 is 0 Å². The van der Waals surface area contributed by atoms with Gasteiger partial charge in [-0.05, 0) is 35.7 Å². The van der Waals surface area contributed by atoms with Crippen molar-refractivity contribution < 1.29 is 0 Å². The lowest BCUT2D eigenvalue weighted by atomic mass is 10.1. The summed E-state index contributed by atoms with van der Waals surface area (Å²) in [7, 11) is 2.09. The molecule has 18 heavy (non-hydrogen) atoms. The van der Waals surface area contributed by atoms with Crippen LogP contribution in [0.4, 0.5) is 5.69 Å². The normalized spacial score (nSPS) is 10.4. The smallest absolute Gasteiger partial charge is 0.0474 e. The average molecular weight is 261 g/mol. The number of hydrogen-bond acceptors (Lipinski definition) is 2. The molecule has 0 radical (unpaired) electrons. The molecule has 2 nitrogen and oxygen atoms in total. The van der Waals surface area contributed by atoms with Crippen molar-refractivity contribution in [3.63, 3.8) is 0 Å². The highest BCUT2D eigenvalue weighted by Crippen LogP contribution is 2.22. The Morgan fingerprint density at radius 1 is 1.22 bits per heavy atom. The largest absolute Gasteiger partial charge is 0.370 e. The minimum atomic E-state index is 0.563. The van der Waals surface area contributed by atoms with Gasteiger partial charge < -0.3 is 4.90 Å². The predicted octanol–water partition coefficient (Wildman–Crippen LogP) is 3.77. The molecule has 0 bridgehead atoms. The first-order valence-corrected chi connectivity index (χ1v) is 6.49. The molecule has 3 heteroatoms. The van der Waals surface area contributed by atoms with Gasteiger partial charge >= 0.3 is 0 Å². The van der Waals surface area contributed by atoms with E-state index in [4.69, 9.17) is 11.6 Å². The van der Waals surface area contributed by atoms with Crippen LogP contribution < -0.4 is 4.90 Å². The van der Waals surface area contributed by atoms with E-state index in [2.05, 4.69) is 48.1 Å². The van der Waals surface area contributed by atoms with Crippen LogP contribution in [0.25, 0.3) is 0 Å². The van der Waals surface area contributed by atoms with Crippen LogP contribution in [0.3, 0.4) is 0 Å². The predicted molar refractivity (Wildman–Crippen MR) is 77.1 cm³/mol. The van der Waals surface area contributed by atoms with Gasteiger partial charge in [0.05, 0.1) is 0 Å². The monoisotopic (exact) mass is 260 g/mol. The van der Waals surface area contributed by atoms with Crippen LogP contribution in [-0.4, -0.2) is 12.0 Å². The SMILES string of the molecule is Cc1cc(CCl)ccc1N(C)Cc1cccnc1. The third kappa shape index (κ3) is 3.02. The molecule has 0 spiro atoms. The van der Waals surface area contributed by atoms with Gasteiger partial charge in [-0.15, -0.1) is 11.6 Å². The summed E-state index contributed by atoms with van der Waals surface area (Å²) in [6.45, 7) is 2.97. The quantitative estimate of drug-likeness (QED) is 0.778. The summed E-state index contributed by atoms with van der Waals surface area (Å²) < 4.78 is 0. The second-order valence-electron chi connectivity index (χ2n) is 4.47. The Morgan fingerprint density at radius 3 is 2.67 bits per heavy atom. The third-order valence-corrected chi connectivity index (χ3v) is 3.28. The zero-order chi connectivity index (χ0) is 13.0. The summed E-state index contributed by atoms with van der Waals surface area (Å²) in [6, 6.07) is 10.4. The van der Waals surface area contributed by atoms with E-state index in [1.165, 1.54) is 16.8 Å². The Bertz CT molecular complexity index is 511. The maximum Gasteiger partial charge on any atom is 0.0474 e. The molecule has 0 aliphatic heterocycles. The van der Waals surface area contributed by atoms with Crippen LogP contribution in [0.15, 0.2) is 42.7 Å². The number of benzene rings is 1. The molecule has 2 rings (SSSR count). The number of anilines is 1. The fourth-order valence-electron chi connectivity index (χ4n) is 2.08. The molecule has 0 unspecified atom stereocenters. The number of alkyl halides is 1. The van der Waals surface area contributed by atoms with E-state index in [-0.39, 0.29) is 0 Å². The van der Waals surface area contributed by atoms with Crippen molar-refractivity contribution in [1.29, 1.82) is 0 Å². The van der Waals surface area contributed by atoms with Crippen molar-refractivity contribution >= 4 is 17.3 Å². The van der Waals surface area contributed by atoms with Crippen LogP contribution in [0.5, 0.6) is 0 Å². The third-order valence-electron chi connectivity index (χ3n) is 2.97. The van der Waals surface area contributed by atoms with Crippen LogP contribution in [-0.2, 0) is 12.4 Å². The number of aromatic nitrogens is 1. The van der Waals surface area contributed by atoms with Gasteiger partial charge in [-0.3, -0.25) is 4.98 Å². The van der Waals surface area contributed by atoms with Crippen molar-refractivity contribution in [1.82, 2.24) is 4.98 Å². The van der Waals surface area contributed by atoms with Crippen molar-refractivity contribution in [2.24, 2.45) is 0 Å². The van der Waals surface area contributed by atoms with Gasteiger partial charge in [-0.2, -0.15) is 0 Å². The molecule has 0 aliphatic carbocycles. The summed E-state index contributed by atoms with van der Waals surface area (Å²) in [5.41, 5.74) is 4.85. The van der Waals surface area contributed by atoms with Gasteiger partial charge in [0.15, 0.2) is 0 Å². The molecule has 0 atom stereocenters. The molecular weight excluding hydrogens is 244 g/mol. The zero-order valence-corrected chi connectivity index (χ0v) is 11.5. The molecule has 94 valence electrons. The summed E-state index contributed by atoms with van der Waals surface area (Å²) in [5, 5.41) is 0. The highest BCUT2D eigenvalue weighted by Gasteiger charge is 2.06. The van der Waals surface area contributed by atoms with Crippen LogP contribution in [0.2, 0.25) is 0 Å². The van der Waals surface area contributed by atoms with Gasteiger partial charge in [-0.25, -0.2) is 0 Å². The molecule has 2 aromatic rings. The summed E-state index contributed by atoms with van der Waals surface area (Å²) >= 11 is 5.84. The van der Waals surface area contributed by atoms with Crippen LogP contribution in [0, 0.1) is 6.92 Å². The Balaban J connectivity index is 2.16. The second kappa shape index (κ2) is 5.87. The molecule has 1 aromatic heterocycles. The average Bonchev–Trinajstić information content (AvgIpc) is 2.39. The van der Waals surface area contributed by atoms with Crippen molar-refractivity contribution in [3.8, 4) is 0 Å². The minimum Gasteiger partial charge on any atom is -0.370 e. The fourth-order valence-corrected chi connectivity index (χ4v) is 2.25. The molecule has 0 fully saturated rings. The molecule has 0 aliphatic rings. The highest BCUT2D eigenvalue weighted by atomic mass is 35.5. The van der Waals surface area contributed by atoms with E-state index < -0.39 is 0 Å². The molecule has 0 saturated heterocycles. The fraction of sp³-hybridized carbons (Fsp3) is 0.267. The van der Waals surface area contributed by atoms with Gasteiger partial charge in [0.2, 0.25) is 0 Å². The topological polar surface area (TPSA) is 16.1 Å². The molecular formula is C15H17ClN2. The van der Waals surface area contributed by atoms with Gasteiger partial charge in [-0.1, -0.05) is 18.2 Å². The van der Waals surface area contributed by atoms with E-state index in [1.54, 1.807) is 6.20 Å². The van der Waals surface area contributed by atoms with Gasteiger partial charge in [0.1, 0.15) is 0 Å². The number of rotatable bonds is 4. The number of nitrogens with zero attached hydrogens (tertiary/aromatic N) is 2. The highest BCUT2D eigenvalue weighted by molar-refractivity contribution is 6.17. The van der Waals surface area contributed by atoms with Crippen molar-refractivity contribution in [2.45, 2.75) is 19.3 Å².